The first-order chi connectivity index (χ1) is 8.15. The standard InChI is InChI=1S/C13H20BrN3/c1-10(2)17-5-3-11(4-6-17)7-12-8-16-13(14)9-15-12/h8-11H,3-7H2,1-2H3. The zero-order valence-electron chi connectivity index (χ0n) is 10.6. The molecule has 4 heteroatoms. The van der Waals surface area contributed by atoms with Crippen LogP contribution in [-0.4, -0.2) is 34.0 Å². The van der Waals surface area contributed by atoms with Gasteiger partial charge in [0.2, 0.25) is 0 Å². The second-order valence-corrected chi connectivity index (χ2v) is 5.92. The maximum Gasteiger partial charge on any atom is 0.124 e. The third kappa shape index (κ3) is 3.75. The van der Waals surface area contributed by atoms with E-state index in [1.54, 1.807) is 6.20 Å². The summed E-state index contributed by atoms with van der Waals surface area (Å²) in [5.41, 5.74) is 1.12. The van der Waals surface area contributed by atoms with Gasteiger partial charge in [0, 0.05) is 12.2 Å². The summed E-state index contributed by atoms with van der Waals surface area (Å²) in [6.45, 7) is 7.01. The van der Waals surface area contributed by atoms with E-state index >= 15 is 0 Å². The van der Waals surface area contributed by atoms with E-state index in [0.717, 1.165) is 22.6 Å². The van der Waals surface area contributed by atoms with Gasteiger partial charge in [0.25, 0.3) is 0 Å². The highest BCUT2D eigenvalue weighted by Gasteiger charge is 2.21. The third-order valence-electron chi connectivity index (χ3n) is 3.55. The van der Waals surface area contributed by atoms with Gasteiger partial charge in [0.05, 0.1) is 11.9 Å². The highest BCUT2D eigenvalue weighted by atomic mass is 79.9. The second-order valence-electron chi connectivity index (χ2n) is 5.11. The highest BCUT2D eigenvalue weighted by molar-refractivity contribution is 9.10. The Morgan fingerprint density at radius 3 is 2.53 bits per heavy atom. The van der Waals surface area contributed by atoms with Crippen molar-refractivity contribution in [3.63, 3.8) is 0 Å². The van der Waals surface area contributed by atoms with Gasteiger partial charge in [-0.3, -0.25) is 4.98 Å². The number of likely N-dealkylation sites (tertiary alicyclic amines) is 1. The van der Waals surface area contributed by atoms with Crippen LogP contribution in [0.25, 0.3) is 0 Å². The molecule has 94 valence electrons. The lowest BCUT2D eigenvalue weighted by Gasteiger charge is -2.34. The first-order valence-electron chi connectivity index (χ1n) is 6.35. The number of hydrogen-bond donors (Lipinski definition) is 0. The van der Waals surface area contributed by atoms with Gasteiger partial charge >= 0.3 is 0 Å². The molecule has 2 heterocycles. The average Bonchev–Trinajstić information content (AvgIpc) is 2.33. The van der Waals surface area contributed by atoms with Gasteiger partial charge in [-0.05, 0) is 68.0 Å². The first-order valence-corrected chi connectivity index (χ1v) is 7.15. The lowest BCUT2D eigenvalue weighted by atomic mass is 9.92. The number of halogens is 1. The van der Waals surface area contributed by atoms with Gasteiger partial charge in [0.15, 0.2) is 0 Å². The molecule has 0 unspecified atom stereocenters. The molecule has 1 saturated heterocycles. The van der Waals surface area contributed by atoms with Crippen molar-refractivity contribution < 1.29 is 0 Å². The van der Waals surface area contributed by atoms with Crippen molar-refractivity contribution in [1.29, 1.82) is 0 Å². The van der Waals surface area contributed by atoms with Crippen LogP contribution in [0, 0.1) is 5.92 Å². The molecule has 2 rings (SSSR count). The molecule has 0 aromatic carbocycles. The highest BCUT2D eigenvalue weighted by Crippen LogP contribution is 2.22. The fourth-order valence-electron chi connectivity index (χ4n) is 2.41. The summed E-state index contributed by atoms with van der Waals surface area (Å²) in [6.07, 6.45) is 7.33. The quantitative estimate of drug-likeness (QED) is 0.859. The van der Waals surface area contributed by atoms with E-state index in [1.807, 2.05) is 6.20 Å². The second kappa shape index (κ2) is 5.91. The minimum atomic E-state index is 0.684. The van der Waals surface area contributed by atoms with Gasteiger partial charge in [-0.15, -0.1) is 0 Å². The topological polar surface area (TPSA) is 29.0 Å². The SMILES string of the molecule is CC(C)N1CCC(Cc2cnc(Br)cn2)CC1. The number of aromatic nitrogens is 2. The summed E-state index contributed by atoms with van der Waals surface area (Å²) in [5.74, 6) is 0.778. The molecule has 1 fully saturated rings. The summed E-state index contributed by atoms with van der Waals surface area (Å²) in [7, 11) is 0. The van der Waals surface area contributed by atoms with Crippen LogP contribution < -0.4 is 0 Å². The summed E-state index contributed by atoms with van der Waals surface area (Å²) in [5, 5.41) is 0. The van der Waals surface area contributed by atoms with Crippen molar-refractivity contribution in [1.82, 2.24) is 14.9 Å². The Hall–Kier alpha value is -0.480. The molecule has 0 radical (unpaired) electrons. The van der Waals surface area contributed by atoms with Gasteiger partial charge in [-0.25, -0.2) is 4.98 Å². The van der Waals surface area contributed by atoms with E-state index in [1.165, 1.54) is 25.9 Å². The number of hydrogen-bond acceptors (Lipinski definition) is 3. The molecule has 3 nitrogen and oxygen atoms in total. The van der Waals surface area contributed by atoms with Gasteiger partial charge in [-0.1, -0.05) is 0 Å². The Bertz CT molecular complexity index is 342. The molecule has 0 N–H and O–H groups in total. The molecule has 0 amide bonds. The van der Waals surface area contributed by atoms with Crippen molar-refractivity contribution in [2.75, 3.05) is 13.1 Å². The number of nitrogens with zero attached hydrogens (tertiary/aromatic N) is 3. The van der Waals surface area contributed by atoms with E-state index in [-0.39, 0.29) is 0 Å². The van der Waals surface area contributed by atoms with Crippen LogP contribution in [0.5, 0.6) is 0 Å². The predicted octanol–water partition coefficient (Wildman–Crippen LogP) is 2.90. The normalized spacial score (nSPS) is 18.8. The molecule has 0 bridgehead atoms. The number of rotatable bonds is 3. The monoisotopic (exact) mass is 297 g/mol. The Morgan fingerprint density at radius 2 is 2.00 bits per heavy atom. The van der Waals surface area contributed by atoms with E-state index in [2.05, 4.69) is 44.6 Å². The van der Waals surface area contributed by atoms with Crippen LogP contribution in [0.2, 0.25) is 0 Å². The van der Waals surface area contributed by atoms with E-state index in [9.17, 15) is 0 Å². The minimum absolute atomic E-state index is 0.684. The fraction of sp³-hybridized carbons (Fsp3) is 0.692. The Balaban J connectivity index is 1.84. The summed E-state index contributed by atoms with van der Waals surface area (Å²) in [6, 6.07) is 0.684. The molecule has 1 aromatic heterocycles. The summed E-state index contributed by atoms with van der Waals surface area (Å²) in [4.78, 5) is 11.2. The minimum Gasteiger partial charge on any atom is -0.301 e. The maximum absolute atomic E-state index is 4.40. The first kappa shape index (κ1) is 13.0. The van der Waals surface area contributed by atoms with Crippen LogP contribution in [0.15, 0.2) is 17.0 Å². The molecule has 1 aliphatic heterocycles. The zero-order chi connectivity index (χ0) is 12.3. The lowest BCUT2D eigenvalue weighted by molar-refractivity contribution is 0.149. The van der Waals surface area contributed by atoms with Crippen molar-refractivity contribution in [2.45, 2.75) is 39.2 Å². The maximum atomic E-state index is 4.40. The van der Waals surface area contributed by atoms with Crippen molar-refractivity contribution in [2.24, 2.45) is 5.92 Å². The summed E-state index contributed by atoms with van der Waals surface area (Å²) >= 11 is 3.31. The van der Waals surface area contributed by atoms with Crippen molar-refractivity contribution in [3.8, 4) is 0 Å². The van der Waals surface area contributed by atoms with Crippen LogP contribution in [-0.2, 0) is 6.42 Å². The van der Waals surface area contributed by atoms with E-state index in [4.69, 9.17) is 0 Å². The molecule has 0 aliphatic carbocycles. The van der Waals surface area contributed by atoms with Gasteiger partial charge < -0.3 is 4.90 Å². The van der Waals surface area contributed by atoms with E-state index < -0.39 is 0 Å². The van der Waals surface area contributed by atoms with Crippen LogP contribution in [0.1, 0.15) is 32.4 Å². The summed E-state index contributed by atoms with van der Waals surface area (Å²) < 4.78 is 0.816. The lowest BCUT2D eigenvalue weighted by Crippen LogP contribution is -2.38. The zero-order valence-corrected chi connectivity index (χ0v) is 12.2. The smallest absolute Gasteiger partial charge is 0.124 e. The Labute approximate surface area is 112 Å². The molecule has 1 aromatic rings. The molecule has 17 heavy (non-hydrogen) atoms. The van der Waals surface area contributed by atoms with Gasteiger partial charge in [0.1, 0.15) is 4.60 Å². The van der Waals surface area contributed by atoms with Crippen LogP contribution >= 0.6 is 15.9 Å². The van der Waals surface area contributed by atoms with Gasteiger partial charge in [-0.2, -0.15) is 0 Å². The average molecular weight is 298 g/mol. The van der Waals surface area contributed by atoms with Crippen molar-refractivity contribution in [3.05, 3.63) is 22.7 Å². The molecular weight excluding hydrogens is 278 g/mol. The molecular formula is C13H20BrN3. The molecule has 1 aliphatic rings. The van der Waals surface area contributed by atoms with Crippen LogP contribution in [0.4, 0.5) is 0 Å². The van der Waals surface area contributed by atoms with Crippen LogP contribution in [0.3, 0.4) is 0 Å². The molecule has 0 spiro atoms. The largest absolute Gasteiger partial charge is 0.301 e. The Kier molecular flexibility index (Phi) is 4.51. The third-order valence-corrected chi connectivity index (χ3v) is 3.96. The Morgan fingerprint density at radius 1 is 1.29 bits per heavy atom. The molecule has 0 saturated carbocycles. The molecule has 0 atom stereocenters. The fourth-order valence-corrected chi connectivity index (χ4v) is 2.62. The number of piperidine rings is 1. The predicted molar refractivity (Wildman–Crippen MR) is 72.9 cm³/mol. The van der Waals surface area contributed by atoms with E-state index in [0.29, 0.717) is 6.04 Å². The van der Waals surface area contributed by atoms with Crippen molar-refractivity contribution >= 4 is 15.9 Å².